The van der Waals surface area contributed by atoms with Gasteiger partial charge in [0.25, 0.3) is 0 Å². The van der Waals surface area contributed by atoms with Crippen LogP contribution in [0.15, 0.2) is 110 Å². The number of rotatable bonds is 20. The molecule has 0 aliphatic heterocycles. The Morgan fingerprint density at radius 1 is 0.615 bits per heavy atom. The molecule has 0 saturated carbocycles. The summed E-state index contributed by atoms with van der Waals surface area (Å²) in [6, 6.07) is 27.3. The molecule has 0 radical (unpaired) electrons. The van der Waals surface area contributed by atoms with Crippen molar-refractivity contribution in [1.29, 1.82) is 0 Å². The number of benzene rings is 1. The van der Waals surface area contributed by atoms with Gasteiger partial charge < -0.3 is 24.8 Å². The van der Waals surface area contributed by atoms with E-state index in [4.69, 9.17) is 0 Å². The highest BCUT2D eigenvalue weighted by atomic mass is 28.4. The number of hydrogen-bond acceptors (Lipinski definition) is 11. The second-order valence-corrected chi connectivity index (χ2v) is 15.0. The highest BCUT2D eigenvalue weighted by Crippen LogP contribution is 2.30. The monoisotopic (exact) mass is 721 g/mol. The minimum atomic E-state index is -4.12. The summed E-state index contributed by atoms with van der Waals surface area (Å²) >= 11 is 0. The van der Waals surface area contributed by atoms with Crippen molar-refractivity contribution in [1.82, 2.24) is 35.1 Å². The van der Waals surface area contributed by atoms with Crippen molar-refractivity contribution in [2.75, 3.05) is 6.54 Å². The molecule has 0 aliphatic carbocycles. The van der Waals surface area contributed by atoms with Crippen molar-refractivity contribution in [3.05, 3.63) is 149 Å². The number of pyridine rings is 4. The maximum absolute atomic E-state index is 12.6. The highest BCUT2D eigenvalue weighted by Gasteiger charge is 2.25. The zero-order chi connectivity index (χ0) is 36.6. The lowest BCUT2D eigenvalue weighted by Gasteiger charge is -2.26. The van der Waals surface area contributed by atoms with Crippen molar-refractivity contribution in [2.24, 2.45) is 0 Å². The number of carbonyl (C=O) groups is 1. The number of nitrogens with one attached hydrogen (secondary N) is 1. The van der Waals surface area contributed by atoms with E-state index < -0.39 is 8.80 Å². The summed E-state index contributed by atoms with van der Waals surface area (Å²) < 4.78 is 0. The molecule has 13 heteroatoms. The van der Waals surface area contributed by atoms with Crippen LogP contribution in [-0.2, 0) is 50.5 Å². The van der Waals surface area contributed by atoms with Crippen LogP contribution < -0.4 is 5.32 Å². The molecule has 5 N–H and O–H groups in total. The summed E-state index contributed by atoms with van der Waals surface area (Å²) in [4.78, 5) is 62.9. The number of amides is 1. The first-order valence-electron chi connectivity index (χ1n) is 17.5. The van der Waals surface area contributed by atoms with Crippen molar-refractivity contribution in [3.63, 3.8) is 0 Å². The van der Waals surface area contributed by atoms with E-state index in [1.54, 1.807) is 24.8 Å². The zero-order valence-corrected chi connectivity index (χ0v) is 30.3. The second kappa shape index (κ2) is 19.6. The molecular formula is C39H47N7O5Si. The van der Waals surface area contributed by atoms with Crippen molar-refractivity contribution in [3.8, 4) is 5.75 Å². The van der Waals surface area contributed by atoms with E-state index in [-0.39, 0.29) is 37.1 Å². The number of phenols is 1. The van der Waals surface area contributed by atoms with Gasteiger partial charge in [-0.1, -0.05) is 36.4 Å². The summed E-state index contributed by atoms with van der Waals surface area (Å²) in [6.07, 6.45) is 8.85. The zero-order valence-electron chi connectivity index (χ0n) is 29.3. The quantitative estimate of drug-likeness (QED) is 0.0579. The third-order valence-electron chi connectivity index (χ3n) is 8.44. The fourth-order valence-electron chi connectivity index (χ4n) is 6.01. The standard InChI is InChI=1S/C39H47N7O5Si/c47-38(44-21-10-22-52(49,50)51)16-9-11-31-23-32(25-45(27-34-12-1-5-17-40-34)28-35-13-2-6-18-41-35)39(48)33(24-31)26-46(29-36-14-3-7-19-42-36)30-37-15-4-8-20-43-37/h1-8,12-15,17-20,23-24,48-51H,9-11,16,21-22,25-30H2,(H,44,47). The minimum Gasteiger partial charge on any atom is -0.507 e. The van der Waals surface area contributed by atoms with E-state index >= 15 is 0 Å². The Morgan fingerprint density at radius 3 is 1.40 bits per heavy atom. The van der Waals surface area contributed by atoms with E-state index in [9.17, 15) is 24.3 Å². The number of aromatic nitrogens is 4. The van der Waals surface area contributed by atoms with Gasteiger partial charge in [0, 0.05) is 94.2 Å². The van der Waals surface area contributed by atoms with E-state index in [1.807, 2.05) is 84.9 Å². The van der Waals surface area contributed by atoms with E-state index in [0.717, 1.165) is 39.5 Å². The van der Waals surface area contributed by atoms with Crippen LogP contribution in [0.2, 0.25) is 6.04 Å². The van der Waals surface area contributed by atoms with Gasteiger partial charge in [-0.05, 0) is 73.4 Å². The van der Waals surface area contributed by atoms with Crippen LogP contribution in [0.4, 0.5) is 0 Å². The second-order valence-electron chi connectivity index (χ2n) is 12.9. The maximum Gasteiger partial charge on any atom is 0.492 e. The average Bonchev–Trinajstić information content (AvgIpc) is 3.13. The molecule has 0 unspecified atom stereocenters. The van der Waals surface area contributed by atoms with Crippen LogP contribution >= 0.6 is 0 Å². The molecule has 0 spiro atoms. The van der Waals surface area contributed by atoms with Gasteiger partial charge in [-0.15, -0.1) is 0 Å². The predicted octanol–water partition coefficient (Wildman–Crippen LogP) is 4.12. The number of aryl methyl sites for hydroxylation is 1. The Hall–Kier alpha value is -4.89. The lowest BCUT2D eigenvalue weighted by atomic mass is 9.98. The largest absolute Gasteiger partial charge is 0.507 e. The van der Waals surface area contributed by atoms with Gasteiger partial charge in [0.1, 0.15) is 5.75 Å². The summed E-state index contributed by atoms with van der Waals surface area (Å²) in [5.74, 6) is 0.0750. The smallest absolute Gasteiger partial charge is 0.492 e. The fraction of sp³-hybridized carbons (Fsp3) is 0.308. The van der Waals surface area contributed by atoms with Gasteiger partial charge >= 0.3 is 8.80 Å². The van der Waals surface area contributed by atoms with Crippen molar-refractivity contribution < 1.29 is 24.3 Å². The molecule has 0 fully saturated rings. The van der Waals surface area contributed by atoms with Gasteiger partial charge in [0.05, 0.1) is 22.8 Å². The van der Waals surface area contributed by atoms with Crippen LogP contribution in [0.5, 0.6) is 5.75 Å². The maximum atomic E-state index is 12.6. The van der Waals surface area contributed by atoms with Gasteiger partial charge in [-0.25, -0.2) is 0 Å². The van der Waals surface area contributed by atoms with Crippen molar-refractivity contribution in [2.45, 2.75) is 71.0 Å². The topological polar surface area (TPSA) is 168 Å². The predicted molar refractivity (Wildman–Crippen MR) is 199 cm³/mol. The summed E-state index contributed by atoms with van der Waals surface area (Å²) in [5.41, 5.74) is 6.15. The molecule has 272 valence electrons. The first kappa shape index (κ1) is 38.3. The Kier molecular flexibility index (Phi) is 14.5. The average molecular weight is 722 g/mol. The van der Waals surface area contributed by atoms with Gasteiger partial charge in [-0.3, -0.25) is 34.5 Å². The van der Waals surface area contributed by atoms with E-state index in [2.05, 4.69) is 35.1 Å². The first-order chi connectivity index (χ1) is 25.2. The number of nitrogens with zero attached hydrogens (tertiary/aromatic N) is 6. The summed E-state index contributed by atoms with van der Waals surface area (Å²) in [5, 5.41) is 14.7. The van der Waals surface area contributed by atoms with E-state index in [1.165, 1.54) is 0 Å². The molecule has 5 aromatic rings. The SMILES string of the molecule is O=C(CCCc1cc(CN(Cc2ccccn2)Cc2ccccn2)c(O)c(CN(Cc2ccccn2)Cc2ccccn2)c1)NCCC[Si](O)(O)O. The third kappa shape index (κ3) is 13.3. The Morgan fingerprint density at radius 2 is 1.04 bits per heavy atom. The molecule has 52 heavy (non-hydrogen) atoms. The molecule has 4 heterocycles. The first-order valence-corrected chi connectivity index (χ1v) is 19.6. The van der Waals surface area contributed by atoms with Gasteiger partial charge in [0.2, 0.25) is 5.91 Å². The Bertz CT molecular complexity index is 1610. The van der Waals surface area contributed by atoms with Crippen LogP contribution in [0.3, 0.4) is 0 Å². The highest BCUT2D eigenvalue weighted by molar-refractivity contribution is 6.56. The molecule has 5 rings (SSSR count). The molecule has 0 bridgehead atoms. The molecular weight excluding hydrogens is 675 g/mol. The third-order valence-corrected chi connectivity index (χ3v) is 9.47. The van der Waals surface area contributed by atoms with Gasteiger partial charge in [0.15, 0.2) is 0 Å². The van der Waals surface area contributed by atoms with Crippen LogP contribution in [-0.4, -0.2) is 70.5 Å². The minimum absolute atomic E-state index is 0.123. The molecule has 0 saturated heterocycles. The Balaban J connectivity index is 1.40. The lowest BCUT2D eigenvalue weighted by molar-refractivity contribution is -0.121. The molecule has 12 nitrogen and oxygen atoms in total. The molecule has 4 aromatic heterocycles. The fourth-order valence-corrected chi connectivity index (χ4v) is 6.66. The molecule has 1 aromatic carbocycles. The Labute approximate surface area is 305 Å². The number of phenolic OH excluding ortho intramolecular Hbond substituents is 1. The normalized spacial score (nSPS) is 11.6. The summed E-state index contributed by atoms with van der Waals surface area (Å²) in [6.45, 7) is 3.33. The molecule has 1 amide bonds. The number of aromatic hydroxyl groups is 1. The van der Waals surface area contributed by atoms with E-state index in [0.29, 0.717) is 52.1 Å². The van der Waals surface area contributed by atoms with Gasteiger partial charge in [-0.2, -0.15) is 0 Å². The molecule has 0 aliphatic rings. The van der Waals surface area contributed by atoms with Crippen LogP contribution in [0, 0.1) is 0 Å². The van der Waals surface area contributed by atoms with Crippen LogP contribution in [0.25, 0.3) is 0 Å². The van der Waals surface area contributed by atoms with Crippen LogP contribution in [0.1, 0.15) is 58.7 Å². The summed E-state index contributed by atoms with van der Waals surface area (Å²) in [7, 11) is -4.12. The van der Waals surface area contributed by atoms with Crippen molar-refractivity contribution >= 4 is 14.7 Å². The number of hydrogen-bond donors (Lipinski definition) is 5. The lowest BCUT2D eigenvalue weighted by Crippen LogP contribution is -2.35. The molecule has 0 atom stereocenters. The number of carbonyl (C=O) groups excluding carboxylic acids is 1.